The predicted octanol–water partition coefficient (Wildman–Crippen LogP) is 2.42. The summed E-state index contributed by atoms with van der Waals surface area (Å²) in [5.41, 5.74) is 1.26. The van der Waals surface area contributed by atoms with Crippen LogP contribution in [0.3, 0.4) is 0 Å². The number of aromatic nitrogens is 4. The largest absolute Gasteiger partial charge is 0.316 e. The van der Waals surface area contributed by atoms with Crippen molar-refractivity contribution < 1.29 is 0 Å². The summed E-state index contributed by atoms with van der Waals surface area (Å²) in [6.07, 6.45) is 3.90. The first-order valence-electron chi connectivity index (χ1n) is 7.84. The molecule has 0 bridgehead atoms. The first kappa shape index (κ1) is 13.4. The van der Waals surface area contributed by atoms with Crippen molar-refractivity contribution in [1.29, 1.82) is 0 Å². The molecule has 0 spiro atoms. The smallest absolute Gasteiger partial charge is 0.162 e. The van der Waals surface area contributed by atoms with Crippen LogP contribution in [0.1, 0.15) is 24.4 Å². The average molecular weight is 293 g/mol. The number of nitrogens with one attached hydrogen (secondary N) is 1. The molecule has 0 saturated carbocycles. The van der Waals surface area contributed by atoms with Crippen LogP contribution in [0.4, 0.5) is 0 Å². The number of benzene rings is 2. The Bertz CT molecular complexity index is 747. The van der Waals surface area contributed by atoms with Gasteiger partial charge in [-0.25, -0.2) is 0 Å². The molecule has 1 N–H and O–H groups in total. The third-order valence-corrected chi connectivity index (χ3v) is 4.51. The van der Waals surface area contributed by atoms with Crippen molar-refractivity contribution in [2.45, 2.75) is 18.9 Å². The van der Waals surface area contributed by atoms with Crippen LogP contribution in [0.15, 0.2) is 48.8 Å². The molecule has 2 aromatic carbocycles. The highest BCUT2D eigenvalue weighted by atomic mass is 15.6. The molecule has 2 heterocycles. The van der Waals surface area contributed by atoms with Gasteiger partial charge in [0, 0.05) is 6.54 Å². The highest BCUT2D eigenvalue weighted by molar-refractivity contribution is 5.83. The molecule has 112 valence electrons. The van der Waals surface area contributed by atoms with E-state index in [2.05, 4.69) is 63.2 Å². The van der Waals surface area contributed by atoms with Crippen LogP contribution in [-0.2, 0) is 0 Å². The Labute approximate surface area is 129 Å². The number of nitrogens with zero attached hydrogens (tertiary/aromatic N) is 4. The van der Waals surface area contributed by atoms with Gasteiger partial charge < -0.3 is 5.32 Å². The van der Waals surface area contributed by atoms with Crippen molar-refractivity contribution in [1.82, 2.24) is 25.5 Å². The van der Waals surface area contributed by atoms with Crippen molar-refractivity contribution in [3.8, 4) is 0 Å². The molecule has 0 aliphatic carbocycles. The fourth-order valence-electron chi connectivity index (χ4n) is 3.44. The van der Waals surface area contributed by atoms with Crippen LogP contribution in [0, 0.1) is 5.92 Å². The normalized spacial score (nSPS) is 20.1. The topological polar surface area (TPSA) is 55.6 Å². The fraction of sp³-hybridized carbons (Fsp3) is 0.353. The summed E-state index contributed by atoms with van der Waals surface area (Å²) >= 11 is 0. The number of fused-ring (bicyclic) bond motifs is 1. The molecule has 4 rings (SSSR count). The van der Waals surface area contributed by atoms with E-state index in [1.165, 1.54) is 35.5 Å². The third kappa shape index (κ3) is 2.48. The van der Waals surface area contributed by atoms with Crippen LogP contribution in [0.2, 0.25) is 0 Å². The van der Waals surface area contributed by atoms with E-state index in [1.54, 1.807) is 4.80 Å². The van der Waals surface area contributed by atoms with Crippen molar-refractivity contribution in [2.24, 2.45) is 5.92 Å². The minimum Gasteiger partial charge on any atom is -0.316 e. The monoisotopic (exact) mass is 293 g/mol. The van der Waals surface area contributed by atoms with E-state index in [-0.39, 0.29) is 6.04 Å². The summed E-state index contributed by atoms with van der Waals surface area (Å²) in [4.78, 5) is 1.77. The molecule has 2 atom stereocenters. The fourth-order valence-corrected chi connectivity index (χ4v) is 3.44. The Morgan fingerprint density at radius 3 is 2.82 bits per heavy atom. The van der Waals surface area contributed by atoms with E-state index in [4.69, 9.17) is 0 Å². The Morgan fingerprint density at radius 1 is 1.14 bits per heavy atom. The van der Waals surface area contributed by atoms with Gasteiger partial charge in [0.2, 0.25) is 0 Å². The summed E-state index contributed by atoms with van der Waals surface area (Å²) in [6.45, 7) is 2.10. The van der Waals surface area contributed by atoms with Gasteiger partial charge in [-0.15, -0.1) is 10.2 Å². The van der Waals surface area contributed by atoms with Gasteiger partial charge in [-0.2, -0.15) is 4.80 Å². The minimum absolute atomic E-state index is 0.139. The highest BCUT2D eigenvalue weighted by Gasteiger charge is 2.28. The molecule has 1 aliphatic heterocycles. The first-order chi connectivity index (χ1) is 10.9. The Hall–Kier alpha value is -2.27. The second-order valence-corrected chi connectivity index (χ2v) is 5.91. The van der Waals surface area contributed by atoms with Crippen molar-refractivity contribution in [2.75, 3.05) is 13.1 Å². The lowest BCUT2D eigenvalue weighted by Gasteiger charge is -2.30. The Morgan fingerprint density at radius 2 is 2.05 bits per heavy atom. The SMILES string of the molecule is c1ccc2cc([C@H]([C@@H]3CCCNC3)n3ncnn3)ccc2c1. The maximum Gasteiger partial charge on any atom is 0.162 e. The molecule has 5 nitrogen and oxygen atoms in total. The number of tetrazole rings is 1. The molecule has 1 aromatic heterocycles. The van der Waals surface area contributed by atoms with E-state index >= 15 is 0 Å². The molecule has 0 radical (unpaired) electrons. The van der Waals surface area contributed by atoms with Gasteiger partial charge in [0.1, 0.15) is 6.04 Å². The second kappa shape index (κ2) is 5.85. The number of piperidine rings is 1. The molecular weight excluding hydrogens is 274 g/mol. The molecule has 1 fully saturated rings. The molecule has 1 aliphatic rings. The van der Waals surface area contributed by atoms with E-state index < -0.39 is 0 Å². The predicted molar refractivity (Wildman–Crippen MR) is 85.5 cm³/mol. The van der Waals surface area contributed by atoms with Gasteiger partial charge in [-0.05, 0) is 52.9 Å². The van der Waals surface area contributed by atoms with E-state index in [0.29, 0.717) is 5.92 Å². The zero-order valence-corrected chi connectivity index (χ0v) is 12.4. The number of hydrogen-bond donors (Lipinski definition) is 1. The lowest BCUT2D eigenvalue weighted by molar-refractivity contribution is 0.261. The van der Waals surface area contributed by atoms with Gasteiger partial charge in [0.15, 0.2) is 6.33 Å². The zero-order valence-electron chi connectivity index (χ0n) is 12.4. The number of hydrogen-bond acceptors (Lipinski definition) is 4. The molecule has 22 heavy (non-hydrogen) atoms. The van der Waals surface area contributed by atoms with Crippen LogP contribution < -0.4 is 5.32 Å². The number of rotatable bonds is 3. The molecule has 1 saturated heterocycles. The Kier molecular flexibility index (Phi) is 3.56. The molecule has 0 unspecified atom stereocenters. The van der Waals surface area contributed by atoms with Crippen molar-refractivity contribution in [3.05, 3.63) is 54.4 Å². The van der Waals surface area contributed by atoms with Gasteiger partial charge in [-0.1, -0.05) is 36.4 Å². The summed E-state index contributed by atoms with van der Waals surface area (Å²) < 4.78 is 0. The van der Waals surface area contributed by atoms with Crippen LogP contribution in [0.5, 0.6) is 0 Å². The maximum atomic E-state index is 4.31. The summed E-state index contributed by atoms with van der Waals surface area (Å²) in [7, 11) is 0. The minimum atomic E-state index is 0.139. The van der Waals surface area contributed by atoms with Crippen LogP contribution in [-0.4, -0.2) is 33.3 Å². The van der Waals surface area contributed by atoms with Gasteiger partial charge in [-0.3, -0.25) is 0 Å². The van der Waals surface area contributed by atoms with Gasteiger partial charge in [0.25, 0.3) is 0 Å². The van der Waals surface area contributed by atoms with Crippen molar-refractivity contribution in [3.63, 3.8) is 0 Å². The maximum absolute atomic E-state index is 4.31. The quantitative estimate of drug-likeness (QED) is 0.806. The Balaban J connectivity index is 1.78. The summed E-state index contributed by atoms with van der Waals surface area (Å²) in [6, 6.07) is 15.2. The van der Waals surface area contributed by atoms with Gasteiger partial charge >= 0.3 is 0 Å². The summed E-state index contributed by atoms with van der Waals surface area (Å²) in [5, 5.41) is 18.4. The molecule has 3 aromatic rings. The third-order valence-electron chi connectivity index (χ3n) is 4.51. The highest BCUT2D eigenvalue weighted by Crippen LogP contribution is 2.31. The summed E-state index contributed by atoms with van der Waals surface area (Å²) in [5.74, 6) is 0.490. The zero-order chi connectivity index (χ0) is 14.8. The average Bonchev–Trinajstić information content (AvgIpc) is 3.10. The van der Waals surface area contributed by atoms with Crippen LogP contribution >= 0.6 is 0 Å². The lowest BCUT2D eigenvalue weighted by Crippen LogP contribution is -2.36. The van der Waals surface area contributed by atoms with E-state index in [9.17, 15) is 0 Å². The van der Waals surface area contributed by atoms with Gasteiger partial charge in [0.05, 0.1) is 0 Å². The second-order valence-electron chi connectivity index (χ2n) is 5.91. The lowest BCUT2D eigenvalue weighted by atomic mass is 9.87. The van der Waals surface area contributed by atoms with Crippen LogP contribution in [0.25, 0.3) is 10.8 Å². The standard InChI is InChI=1S/C17H19N5/c1-2-5-14-10-15(8-7-13(14)4-1)17(22-20-12-19-21-22)16-6-3-9-18-11-16/h1-2,4-5,7-8,10,12,16-18H,3,6,9,11H2/t16-,17-/m1/s1. The van der Waals surface area contributed by atoms with Crippen molar-refractivity contribution >= 4 is 10.8 Å². The molecular formula is C17H19N5. The van der Waals surface area contributed by atoms with E-state index in [0.717, 1.165) is 13.1 Å². The van der Waals surface area contributed by atoms with E-state index in [1.807, 2.05) is 0 Å². The molecule has 5 heteroatoms. The molecule has 0 amide bonds. The first-order valence-corrected chi connectivity index (χ1v) is 7.84.